The molecule has 0 aliphatic rings. The number of carbonyl (C=O) groups is 2. The predicted octanol–water partition coefficient (Wildman–Crippen LogP) is 3.13. The lowest BCUT2D eigenvalue weighted by molar-refractivity contribution is -0.132. The Kier molecular flexibility index (Phi) is 4.52. The van der Waals surface area contributed by atoms with E-state index < -0.39 is 14.1 Å². The van der Waals surface area contributed by atoms with E-state index in [1.807, 2.05) is 0 Å². The summed E-state index contributed by atoms with van der Waals surface area (Å²) in [5.41, 5.74) is -0.0763. The van der Waals surface area contributed by atoms with Gasteiger partial charge in [0.05, 0.1) is 0 Å². The average molecular weight is 417 g/mol. The Hall–Kier alpha value is -0.400. The molecular formula is C9H5Br3O4. The lowest BCUT2D eigenvalue weighted by Crippen LogP contribution is -2.24. The highest BCUT2D eigenvalue weighted by atomic mass is 80.0. The van der Waals surface area contributed by atoms with E-state index in [0.29, 0.717) is 0 Å². The molecular weight excluding hydrogens is 412 g/mol. The van der Waals surface area contributed by atoms with Crippen LogP contribution < -0.4 is 4.74 Å². The van der Waals surface area contributed by atoms with Gasteiger partial charge in [0.1, 0.15) is 11.3 Å². The molecule has 0 aromatic heterocycles. The van der Waals surface area contributed by atoms with Gasteiger partial charge >= 0.3 is 11.9 Å². The van der Waals surface area contributed by atoms with Crippen LogP contribution in [0.4, 0.5) is 0 Å². The minimum absolute atomic E-state index is 0.0114. The van der Waals surface area contributed by atoms with E-state index in [-0.39, 0.29) is 11.3 Å². The van der Waals surface area contributed by atoms with Crippen molar-refractivity contribution in [3.63, 3.8) is 0 Å². The van der Waals surface area contributed by atoms with E-state index in [1.165, 1.54) is 12.1 Å². The van der Waals surface area contributed by atoms with Crippen LogP contribution in [0.2, 0.25) is 0 Å². The van der Waals surface area contributed by atoms with Gasteiger partial charge in [-0.1, -0.05) is 12.1 Å². The maximum atomic E-state index is 11.5. The van der Waals surface area contributed by atoms with Gasteiger partial charge in [-0.25, -0.2) is 9.59 Å². The summed E-state index contributed by atoms with van der Waals surface area (Å²) in [4.78, 5) is 22.3. The Balaban J connectivity index is 2.98. The highest BCUT2D eigenvalue weighted by Crippen LogP contribution is 2.35. The summed E-state index contributed by atoms with van der Waals surface area (Å²) in [6.07, 6.45) is 0. The zero-order valence-electron chi connectivity index (χ0n) is 7.62. The standard InChI is InChI=1S/C9H5Br3O4/c10-9(11,12)8(15)16-6-4-2-1-3-5(6)7(13)14/h1-4H,(H,13,14). The number of esters is 1. The van der Waals surface area contributed by atoms with Gasteiger partial charge in [-0.3, -0.25) is 0 Å². The summed E-state index contributed by atoms with van der Waals surface area (Å²) in [5, 5.41) is 8.85. The molecule has 1 aromatic rings. The Labute approximate surface area is 116 Å². The lowest BCUT2D eigenvalue weighted by atomic mass is 10.2. The topological polar surface area (TPSA) is 63.6 Å². The third-order valence-corrected chi connectivity index (χ3v) is 2.52. The maximum Gasteiger partial charge on any atom is 0.350 e. The van der Waals surface area contributed by atoms with Crippen LogP contribution in [0.3, 0.4) is 0 Å². The summed E-state index contributed by atoms with van der Waals surface area (Å²) in [5.74, 6) is -1.88. The summed E-state index contributed by atoms with van der Waals surface area (Å²) < 4.78 is 3.69. The summed E-state index contributed by atoms with van der Waals surface area (Å²) in [7, 11) is 0. The minimum Gasteiger partial charge on any atom is -0.478 e. The van der Waals surface area contributed by atoms with Crippen molar-refractivity contribution in [2.45, 2.75) is 2.14 Å². The van der Waals surface area contributed by atoms with E-state index in [0.717, 1.165) is 0 Å². The molecule has 0 atom stereocenters. The molecule has 86 valence electrons. The Morgan fingerprint density at radius 3 is 2.25 bits per heavy atom. The quantitative estimate of drug-likeness (QED) is 0.457. The first-order valence-electron chi connectivity index (χ1n) is 3.93. The number of ether oxygens (including phenoxy) is 1. The number of para-hydroxylation sites is 1. The van der Waals surface area contributed by atoms with Crippen molar-refractivity contribution in [1.82, 2.24) is 0 Å². The van der Waals surface area contributed by atoms with Crippen molar-refractivity contribution >= 4 is 59.7 Å². The largest absolute Gasteiger partial charge is 0.478 e. The van der Waals surface area contributed by atoms with Gasteiger partial charge in [0, 0.05) is 0 Å². The van der Waals surface area contributed by atoms with Crippen LogP contribution >= 0.6 is 47.8 Å². The second-order valence-corrected chi connectivity index (χ2v) is 9.45. The molecule has 1 aromatic carbocycles. The van der Waals surface area contributed by atoms with Crippen LogP contribution in [0.25, 0.3) is 0 Å². The monoisotopic (exact) mass is 414 g/mol. The van der Waals surface area contributed by atoms with Crippen LogP contribution in [0.15, 0.2) is 24.3 Å². The van der Waals surface area contributed by atoms with Gasteiger partial charge in [0.15, 0.2) is 0 Å². The molecule has 0 aliphatic carbocycles. The number of benzene rings is 1. The van der Waals surface area contributed by atoms with Crippen LogP contribution in [0.5, 0.6) is 5.75 Å². The molecule has 0 heterocycles. The van der Waals surface area contributed by atoms with Gasteiger partial charge in [0.2, 0.25) is 2.14 Å². The molecule has 16 heavy (non-hydrogen) atoms. The molecule has 0 unspecified atom stereocenters. The van der Waals surface area contributed by atoms with E-state index in [9.17, 15) is 9.59 Å². The number of hydrogen-bond acceptors (Lipinski definition) is 3. The Morgan fingerprint density at radius 1 is 1.19 bits per heavy atom. The second-order valence-electron chi connectivity index (χ2n) is 2.69. The molecule has 0 saturated heterocycles. The fourth-order valence-electron chi connectivity index (χ4n) is 0.890. The molecule has 1 rings (SSSR count). The molecule has 7 heteroatoms. The van der Waals surface area contributed by atoms with E-state index >= 15 is 0 Å². The number of carbonyl (C=O) groups excluding carboxylic acids is 1. The fraction of sp³-hybridized carbons (Fsp3) is 0.111. The average Bonchev–Trinajstić information content (AvgIpc) is 2.16. The third-order valence-electron chi connectivity index (χ3n) is 1.55. The normalized spacial score (nSPS) is 10.9. The Bertz CT molecular complexity index is 425. The van der Waals surface area contributed by atoms with Gasteiger partial charge in [-0.05, 0) is 59.9 Å². The number of carboxylic acid groups (broad SMARTS) is 1. The SMILES string of the molecule is O=C(O)c1ccccc1OC(=O)C(Br)(Br)Br. The zero-order chi connectivity index (χ0) is 12.3. The third kappa shape index (κ3) is 3.57. The minimum atomic E-state index is -1.22. The highest BCUT2D eigenvalue weighted by Gasteiger charge is 2.31. The number of rotatable bonds is 2. The molecule has 4 nitrogen and oxygen atoms in total. The molecule has 0 aliphatic heterocycles. The first-order chi connectivity index (χ1) is 7.32. The first kappa shape index (κ1) is 13.7. The zero-order valence-corrected chi connectivity index (χ0v) is 12.4. The van der Waals surface area contributed by atoms with Crippen molar-refractivity contribution < 1.29 is 19.4 Å². The fourth-order valence-corrected chi connectivity index (χ4v) is 1.13. The molecule has 1 N–H and O–H groups in total. The van der Waals surface area contributed by atoms with Gasteiger partial charge in [0.25, 0.3) is 0 Å². The molecule has 0 spiro atoms. The van der Waals surface area contributed by atoms with E-state index in [4.69, 9.17) is 9.84 Å². The molecule has 0 saturated carbocycles. The van der Waals surface area contributed by atoms with Crippen LogP contribution in [0, 0.1) is 0 Å². The predicted molar refractivity (Wildman–Crippen MR) is 68.5 cm³/mol. The number of hydrogen-bond donors (Lipinski definition) is 1. The van der Waals surface area contributed by atoms with Gasteiger partial charge in [-0.2, -0.15) is 0 Å². The maximum absolute atomic E-state index is 11.5. The van der Waals surface area contributed by atoms with Crippen molar-refractivity contribution in [3.05, 3.63) is 29.8 Å². The molecule has 0 bridgehead atoms. The van der Waals surface area contributed by atoms with E-state index in [2.05, 4.69) is 47.8 Å². The number of aromatic carboxylic acids is 1. The number of alkyl halides is 3. The molecule has 0 fully saturated rings. The summed E-state index contributed by atoms with van der Waals surface area (Å²) in [6.45, 7) is 0. The lowest BCUT2D eigenvalue weighted by Gasteiger charge is -2.12. The van der Waals surface area contributed by atoms with Gasteiger partial charge < -0.3 is 9.84 Å². The second kappa shape index (κ2) is 5.29. The number of carboxylic acids is 1. The smallest absolute Gasteiger partial charge is 0.350 e. The highest BCUT2D eigenvalue weighted by molar-refractivity contribution is 9.40. The van der Waals surface area contributed by atoms with Crippen LogP contribution in [0.1, 0.15) is 10.4 Å². The van der Waals surface area contributed by atoms with Crippen molar-refractivity contribution in [2.75, 3.05) is 0 Å². The van der Waals surface area contributed by atoms with Crippen LogP contribution in [-0.2, 0) is 4.79 Å². The van der Waals surface area contributed by atoms with Crippen molar-refractivity contribution in [2.24, 2.45) is 0 Å². The molecule has 0 amide bonds. The Morgan fingerprint density at radius 2 is 1.75 bits per heavy atom. The van der Waals surface area contributed by atoms with Crippen LogP contribution in [-0.4, -0.2) is 19.2 Å². The first-order valence-corrected chi connectivity index (χ1v) is 6.31. The van der Waals surface area contributed by atoms with E-state index in [1.54, 1.807) is 12.1 Å². The van der Waals surface area contributed by atoms with Crippen molar-refractivity contribution in [3.8, 4) is 5.75 Å². The number of halogens is 3. The van der Waals surface area contributed by atoms with Gasteiger partial charge in [-0.15, -0.1) is 0 Å². The summed E-state index contributed by atoms with van der Waals surface area (Å²) in [6, 6.07) is 5.88. The summed E-state index contributed by atoms with van der Waals surface area (Å²) >= 11 is 8.92. The molecule has 0 radical (unpaired) electrons. The van der Waals surface area contributed by atoms with Crippen molar-refractivity contribution in [1.29, 1.82) is 0 Å².